The smallest absolute Gasteiger partial charge is 0.171 e. The summed E-state index contributed by atoms with van der Waals surface area (Å²) in [5.74, 6) is 0.532. The van der Waals surface area contributed by atoms with Crippen LogP contribution in [0.15, 0.2) is 16.7 Å². The SMILES string of the molecule is COc1cc(CC(=N[S@](=O)C(C)(C)C)C(C)(C)C)cnc1Cl. The van der Waals surface area contributed by atoms with E-state index in [2.05, 4.69) is 30.2 Å². The van der Waals surface area contributed by atoms with Gasteiger partial charge in [0.25, 0.3) is 0 Å². The highest BCUT2D eigenvalue weighted by molar-refractivity contribution is 7.85. The minimum Gasteiger partial charge on any atom is -0.494 e. The van der Waals surface area contributed by atoms with E-state index in [-0.39, 0.29) is 10.2 Å². The van der Waals surface area contributed by atoms with Gasteiger partial charge in [0.15, 0.2) is 10.9 Å². The molecule has 0 spiro atoms. The van der Waals surface area contributed by atoms with Crippen LogP contribution in [0.1, 0.15) is 47.1 Å². The Bertz CT molecular complexity index is 587. The average molecular weight is 345 g/mol. The molecule has 0 saturated heterocycles. The summed E-state index contributed by atoms with van der Waals surface area (Å²) < 4.78 is 21.6. The number of hydrogen-bond acceptors (Lipinski definition) is 3. The van der Waals surface area contributed by atoms with Crippen LogP contribution in [0.25, 0.3) is 0 Å². The van der Waals surface area contributed by atoms with Crippen LogP contribution >= 0.6 is 11.6 Å². The highest BCUT2D eigenvalue weighted by atomic mass is 35.5. The van der Waals surface area contributed by atoms with Gasteiger partial charge >= 0.3 is 0 Å². The van der Waals surface area contributed by atoms with Crippen LogP contribution in [0.5, 0.6) is 5.75 Å². The molecule has 22 heavy (non-hydrogen) atoms. The van der Waals surface area contributed by atoms with Crippen molar-refractivity contribution in [2.75, 3.05) is 7.11 Å². The molecule has 1 atom stereocenters. The summed E-state index contributed by atoms with van der Waals surface area (Å²) in [6.45, 7) is 11.9. The Hall–Kier alpha value is -0.940. The highest BCUT2D eigenvalue weighted by Crippen LogP contribution is 2.26. The van der Waals surface area contributed by atoms with Crippen molar-refractivity contribution in [3.63, 3.8) is 0 Å². The number of aromatic nitrogens is 1. The first-order chi connectivity index (χ1) is 9.95. The molecule has 1 rings (SSSR count). The third-order valence-electron chi connectivity index (χ3n) is 3.04. The average Bonchev–Trinajstić information content (AvgIpc) is 2.37. The van der Waals surface area contributed by atoms with Crippen molar-refractivity contribution in [2.24, 2.45) is 9.81 Å². The summed E-state index contributed by atoms with van der Waals surface area (Å²) >= 11 is 5.95. The second kappa shape index (κ2) is 7.09. The first-order valence-corrected chi connectivity index (χ1v) is 8.62. The maximum atomic E-state index is 12.4. The normalized spacial score (nSPS) is 14.8. The van der Waals surface area contributed by atoms with Gasteiger partial charge in [-0.05, 0) is 32.4 Å². The molecule has 0 bridgehead atoms. The highest BCUT2D eigenvalue weighted by Gasteiger charge is 2.25. The van der Waals surface area contributed by atoms with Gasteiger partial charge in [0.1, 0.15) is 11.0 Å². The molecular formula is C16H25ClN2O2S. The third-order valence-corrected chi connectivity index (χ3v) is 4.76. The van der Waals surface area contributed by atoms with Crippen molar-refractivity contribution in [1.82, 2.24) is 4.98 Å². The van der Waals surface area contributed by atoms with Gasteiger partial charge in [-0.25, -0.2) is 9.19 Å². The topological polar surface area (TPSA) is 51.5 Å². The fourth-order valence-electron chi connectivity index (χ4n) is 1.57. The number of pyridine rings is 1. The van der Waals surface area contributed by atoms with Crippen molar-refractivity contribution < 1.29 is 8.95 Å². The van der Waals surface area contributed by atoms with Crippen LogP contribution in [-0.2, 0) is 17.4 Å². The quantitative estimate of drug-likeness (QED) is 0.606. The van der Waals surface area contributed by atoms with Crippen LogP contribution < -0.4 is 4.74 Å². The molecule has 0 aromatic carbocycles. The van der Waals surface area contributed by atoms with Gasteiger partial charge in [-0.2, -0.15) is 4.40 Å². The van der Waals surface area contributed by atoms with Crippen LogP contribution in [0, 0.1) is 5.41 Å². The van der Waals surface area contributed by atoms with Crippen molar-refractivity contribution in [1.29, 1.82) is 0 Å². The lowest BCUT2D eigenvalue weighted by Crippen LogP contribution is -2.27. The van der Waals surface area contributed by atoms with Crippen LogP contribution in [-0.4, -0.2) is 26.8 Å². The molecule has 0 fully saturated rings. The van der Waals surface area contributed by atoms with E-state index >= 15 is 0 Å². The van der Waals surface area contributed by atoms with E-state index in [0.717, 1.165) is 11.3 Å². The zero-order chi connectivity index (χ0) is 17.1. The molecule has 0 N–H and O–H groups in total. The minimum atomic E-state index is -1.29. The summed E-state index contributed by atoms with van der Waals surface area (Å²) in [5, 5.41) is 0.332. The molecule has 0 unspecified atom stereocenters. The molecule has 0 amide bonds. The molecule has 1 aromatic heterocycles. The van der Waals surface area contributed by atoms with Gasteiger partial charge in [0, 0.05) is 23.7 Å². The van der Waals surface area contributed by atoms with Crippen molar-refractivity contribution in [3.8, 4) is 5.75 Å². The molecule has 0 aliphatic rings. The number of methoxy groups -OCH3 is 1. The van der Waals surface area contributed by atoms with Gasteiger partial charge in [-0.15, -0.1) is 0 Å². The Morgan fingerprint density at radius 3 is 2.36 bits per heavy atom. The van der Waals surface area contributed by atoms with Crippen molar-refractivity contribution in [2.45, 2.75) is 52.7 Å². The van der Waals surface area contributed by atoms with E-state index in [1.807, 2.05) is 26.8 Å². The standard InChI is InChI=1S/C16H25ClN2O2S/c1-15(2,3)13(19-22(20)16(4,5)6)9-11-8-12(21-7)14(17)18-10-11/h8,10H,9H2,1-7H3/t22-/m1/s1. The van der Waals surface area contributed by atoms with Gasteiger partial charge in [-0.1, -0.05) is 32.4 Å². The molecule has 6 heteroatoms. The summed E-state index contributed by atoms with van der Waals surface area (Å²) in [4.78, 5) is 4.12. The van der Waals surface area contributed by atoms with E-state index in [4.69, 9.17) is 16.3 Å². The second-order valence-electron chi connectivity index (χ2n) is 7.16. The Morgan fingerprint density at radius 2 is 1.91 bits per heavy atom. The van der Waals surface area contributed by atoms with E-state index < -0.39 is 11.0 Å². The largest absolute Gasteiger partial charge is 0.494 e. The van der Waals surface area contributed by atoms with E-state index in [1.54, 1.807) is 13.3 Å². The number of halogens is 1. The fraction of sp³-hybridized carbons (Fsp3) is 0.625. The first-order valence-electron chi connectivity index (χ1n) is 7.13. The van der Waals surface area contributed by atoms with E-state index in [1.165, 1.54) is 0 Å². The molecule has 124 valence electrons. The Balaban J connectivity index is 3.16. The van der Waals surface area contributed by atoms with Crippen LogP contribution in [0.2, 0.25) is 5.15 Å². The minimum absolute atomic E-state index is 0.187. The van der Waals surface area contributed by atoms with Gasteiger partial charge in [-0.3, -0.25) is 0 Å². The monoisotopic (exact) mass is 344 g/mol. The number of ether oxygens (including phenoxy) is 1. The van der Waals surface area contributed by atoms with Crippen LogP contribution in [0.3, 0.4) is 0 Å². The zero-order valence-corrected chi connectivity index (χ0v) is 15.9. The Kier molecular flexibility index (Phi) is 6.16. The predicted molar refractivity (Wildman–Crippen MR) is 94.3 cm³/mol. The fourth-order valence-corrected chi connectivity index (χ4v) is 2.57. The molecule has 1 aromatic rings. The summed E-state index contributed by atoms with van der Waals surface area (Å²) in [7, 11) is 0.267. The van der Waals surface area contributed by atoms with Gasteiger partial charge in [0.05, 0.1) is 11.9 Å². The van der Waals surface area contributed by atoms with E-state index in [0.29, 0.717) is 17.3 Å². The lowest BCUT2D eigenvalue weighted by atomic mass is 9.86. The predicted octanol–water partition coefficient (Wildman–Crippen LogP) is 4.24. The maximum Gasteiger partial charge on any atom is 0.171 e. The molecular weight excluding hydrogens is 320 g/mol. The van der Waals surface area contributed by atoms with Crippen molar-refractivity contribution in [3.05, 3.63) is 23.0 Å². The third kappa shape index (κ3) is 5.36. The van der Waals surface area contributed by atoms with E-state index in [9.17, 15) is 4.21 Å². The summed E-state index contributed by atoms with van der Waals surface area (Å²) in [6, 6.07) is 1.84. The summed E-state index contributed by atoms with van der Waals surface area (Å²) in [5.41, 5.74) is 1.61. The first kappa shape index (κ1) is 19.1. The lowest BCUT2D eigenvalue weighted by Gasteiger charge is -2.23. The van der Waals surface area contributed by atoms with Gasteiger partial charge < -0.3 is 4.74 Å². The molecule has 0 aliphatic heterocycles. The maximum absolute atomic E-state index is 12.4. The summed E-state index contributed by atoms with van der Waals surface area (Å²) in [6.07, 6.45) is 2.26. The molecule has 0 aliphatic carbocycles. The Morgan fingerprint density at radius 1 is 1.32 bits per heavy atom. The van der Waals surface area contributed by atoms with Crippen LogP contribution in [0.4, 0.5) is 0 Å². The molecule has 4 nitrogen and oxygen atoms in total. The molecule has 0 saturated carbocycles. The second-order valence-corrected chi connectivity index (χ2v) is 9.43. The number of rotatable bonds is 4. The molecule has 0 radical (unpaired) electrons. The van der Waals surface area contributed by atoms with Gasteiger partial charge in [0.2, 0.25) is 0 Å². The lowest BCUT2D eigenvalue weighted by molar-refractivity contribution is 0.412. The zero-order valence-electron chi connectivity index (χ0n) is 14.4. The molecule has 1 heterocycles. The number of hydrogen-bond donors (Lipinski definition) is 0. The number of nitrogens with zero attached hydrogens (tertiary/aromatic N) is 2. The van der Waals surface area contributed by atoms with Crippen molar-refractivity contribution >= 4 is 28.3 Å². The Labute approximate surface area is 140 Å².